The zero-order chi connectivity index (χ0) is 18.9. The molecule has 0 aliphatic carbocycles. The van der Waals surface area contributed by atoms with E-state index in [-0.39, 0.29) is 18.0 Å². The molecule has 0 bridgehead atoms. The maximum atomic E-state index is 13.1. The monoisotopic (exact) mass is 381 g/mol. The second-order valence-electron chi connectivity index (χ2n) is 5.26. The van der Waals surface area contributed by atoms with E-state index >= 15 is 0 Å². The molecule has 2 N–H and O–H groups in total. The van der Waals surface area contributed by atoms with Crippen molar-refractivity contribution < 1.29 is 18.5 Å². The number of rotatable bonds is 9. The molecule has 0 saturated heterocycles. The average molecular weight is 381 g/mol. The molecule has 0 atom stereocenters. The number of hydrogen-bond acceptors (Lipinski definition) is 5. The van der Waals surface area contributed by atoms with Crippen molar-refractivity contribution in [1.29, 1.82) is 0 Å². The summed E-state index contributed by atoms with van der Waals surface area (Å²) in [6, 6.07) is 9.62. The Kier molecular flexibility index (Phi) is 7.34. The standard InChI is InChI=1S/C17H17F2N3O3S/c18-15-6-5-14(11-16(15)19)26-10-7-17(23)21-9-8-20-12-1-3-13(4-2-12)22(24)25/h1-6,11,20H,7-10H2,(H,21,23). The molecule has 1 amide bonds. The van der Waals surface area contributed by atoms with Gasteiger partial charge in [0.1, 0.15) is 0 Å². The summed E-state index contributed by atoms with van der Waals surface area (Å²) in [7, 11) is 0. The van der Waals surface area contributed by atoms with E-state index in [0.717, 1.165) is 17.8 Å². The summed E-state index contributed by atoms with van der Waals surface area (Å²) in [5.74, 6) is -1.50. The molecule has 2 aromatic rings. The zero-order valence-corrected chi connectivity index (χ0v) is 14.5. The van der Waals surface area contributed by atoms with Crippen LogP contribution in [-0.2, 0) is 4.79 Å². The fourth-order valence-electron chi connectivity index (χ4n) is 2.03. The maximum absolute atomic E-state index is 13.1. The first-order valence-electron chi connectivity index (χ1n) is 7.78. The van der Waals surface area contributed by atoms with Gasteiger partial charge in [0.25, 0.3) is 5.69 Å². The Morgan fingerprint density at radius 2 is 1.81 bits per heavy atom. The number of nitro groups is 1. The number of nitro benzene ring substituents is 1. The van der Waals surface area contributed by atoms with Crippen molar-refractivity contribution in [1.82, 2.24) is 5.32 Å². The Bertz CT molecular complexity index is 772. The van der Waals surface area contributed by atoms with Gasteiger partial charge in [-0.05, 0) is 30.3 Å². The summed E-state index contributed by atoms with van der Waals surface area (Å²) < 4.78 is 25.9. The van der Waals surface area contributed by atoms with E-state index in [1.165, 1.54) is 30.0 Å². The average Bonchev–Trinajstić information content (AvgIpc) is 2.62. The third-order valence-corrected chi connectivity index (χ3v) is 4.34. The molecule has 0 heterocycles. The lowest BCUT2D eigenvalue weighted by Crippen LogP contribution is -2.28. The molecule has 0 unspecified atom stereocenters. The van der Waals surface area contributed by atoms with Crippen LogP contribution in [-0.4, -0.2) is 29.7 Å². The number of benzene rings is 2. The lowest BCUT2D eigenvalue weighted by atomic mass is 10.3. The third kappa shape index (κ3) is 6.32. The lowest BCUT2D eigenvalue weighted by molar-refractivity contribution is -0.384. The largest absolute Gasteiger partial charge is 0.383 e. The second kappa shape index (κ2) is 9.71. The summed E-state index contributed by atoms with van der Waals surface area (Å²) in [5.41, 5.74) is 0.737. The minimum atomic E-state index is -0.906. The first kappa shape index (κ1) is 19.6. The van der Waals surface area contributed by atoms with Crippen molar-refractivity contribution in [3.05, 3.63) is 64.2 Å². The fraction of sp³-hybridized carbons (Fsp3) is 0.235. The molecule has 26 heavy (non-hydrogen) atoms. The number of carbonyl (C=O) groups excluding carboxylic acids is 1. The predicted molar refractivity (Wildman–Crippen MR) is 96.3 cm³/mol. The number of hydrogen-bond donors (Lipinski definition) is 2. The molecule has 9 heteroatoms. The summed E-state index contributed by atoms with van der Waals surface area (Å²) in [5, 5.41) is 16.3. The van der Waals surface area contributed by atoms with Crippen molar-refractivity contribution in [2.24, 2.45) is 0 Å². The molecular formula is C17H17F2N3O3S. The van der Waals surface area contributed by atoms with Crippen LogP contribution in [0.4, 0.5) is 20.2 Å². The Morgan fingerprint density at radius 1 is 1.08 bits per heavy atom. The molecule has 0 saturated carbocycles. The number of non-ortho nitro benzene ring substituents is 1. The van der Waals surface area contributed by atoms with Crippen LogP contribution in [0.15, 0.2) is 47.4 Å². The molecule has 2 aromatic carbocycles. The molecule has 0 aliphatic heterocycles. The van der Waals surface area contributed by atoms with Crippen LogP contribution >= 0.6 is 11.8 Å². The van der Waals surface area contributed by atoms with Gasteiger partial charge in [-0.2, -0.15) is 0 Å². The second-order valence-corrected chi connectivity index (χ2v) is 6.42. The molecule has 0 aliphatic rings. The number of anilines is 1. The number of nitrogens with zero attached hydrogens (tertiary/aromatic N) is 1. The minimum Gasteiger partial charge on any atom is -0.383 e. The fourth-order valence-corrected chi connectivity index (χ4v) is 2.90. The molecule has 6 nitrogen and oxygen atoms in total. The number of nitrogens with one attached hydrogen (secondary N) is 2. The van der Waals surface area contributed by atoms with Gasteiger partial charge in [-0.15, -0.1) is 11.8 Å². The first-order valence-corrected chi connectivity index (χ1v) is 8.77. The SMILES string of the molecule is O=C(CCSc1ccc(F)c(F)c1)NCCNc1ccc([N+](=O)[O-])cc1. The first-order chi connectivity index (χ1) is 12.5. The van der Waals surface area contributed by atoms with Crippen molar-refractivity contribution in [2.75, 3.05) is 24.2 Å². The summed E-state index contributed by atoms with van der Waals surface area (Å²) >= 11 is 1.27. The van der Waals surface area contributed by atoms with Crippen molar-refractivity contribution in [3.8, 4) is 0 Å². The smallest absolute Gasteiger partial charge is 0.269 e. The number of thioether (sulfide) groups is 1. The highest BCUT2D eigenvalue weighted by Gasteiger charge is 2.06. The molecule has 0 spiro atoms. The number of amides is 1. The van der Waals surface area contributed by atoms with E-state index in [2.05, 4.69) is 10.6 Å². The van der Waals surface area contributed by atoms with E-state index in [0.29, 0.717) is 23.7 Å². The van der Waals surface area contributed by atoms with E-state index < -0.39 is 16.6 Å². The van der Waals surface area contributed by atoms with E-state index in [9.17, 15) is 23.7 Å². The molecule has 0 fully saturated rings. The zero-order valence-electron chi connectivity index (χ0n) is 13.7. The van der Waals surface area contributed by atoms with Crippen LogP contribution in [0.1, 0.15) is 6.42 Å². The van der Waals surface area contributed by atoms with Gasteiger partial charge in [0, 0.05) is 48.0 Å². The Balaban J connectivity index is 1.61. The Hall–Kier alpha value is -2.68. The number of halogens is 2. The van der Waals surface area contributed by atoms with Crippen molar-refractivity contribution in [2.45, 2.75) is 11.3 Å². The van der Waals surface area contributed by atoms with Crippen LogP contribution < -0.4 is 10.6 Å². The van der Waals surface area contributed by atoms with Gasteiger partial charge in [0.2, 0.25) is 5.91 Å². The van der Waals surface area contributed by atoms with Crippen LogP contribution in [0, 0.1) is 21.7 Å². The Labute approximate surface area is 153 Å². The highest BCUT2D eigenvalue weighted by Crippen LogP contribution is 2.21. The minimum absolute atomic E-state index is 0.0161. The quantitative estimate of drug-likeness (QED) is 0.300. The van der Waals surface area contributed by atoms with Crippen LogP contribution in [0.3, 0.4) is 0 Å². The van der Waals surface area contributed by atoms with Crippen LogP contribution in [0.25, 0.3) is 0 Å². The van der Waals surface area contributed by atoms with E-state index in [1.54, 1.807) is 12.1 Å². The van der Waals surface area contributed by atoms with E-state index in [1.807, 2.05) is 0 Å². The normalized spacial score (nSPS) is 10.4. The highest BCUT2D eigenvalue weighted by molar-refractivity contribution is 7.99. The van der Waals surface area contributed by atoms with Gasteiger partial charge < -0.3 is 10.6 Å². The molecule has 138 valence electrons. The Morgan fingerprint density at radius 3 is 2.46 bits per heavy atom. The third-order valence-electron chi connectivity index (χ3n) is 3.34. The van der Waals surface area contributed by atoms with Gasteiger partial charge in [-0.3, -0.25) is 14.9 Å². The predicted octanol–water partition coefficient (Wildman–Crippen LogP) is 3.58. The van der Waals surface area contributed by atoms with E-state index in [4.69, 9.17) is 0 Å². The lowest BCUT2D eigenvalue weighted by Gasteiger charge is -2.08. The highest BCUT2D eigenvalue weighted by atomic mass is 32.2. The van der Waals surface area contributed by atoms with Gasteiger partial charge in [-0.1, -0.05) is 0 Å². The summed E-state index contributed by atoms with van der Waals surface area (Å²) in [6.45, 7) is 0.867. The van der Waals surface area contributed by atoms with Crippen molar-refractivity contribution in [3.63, 3.8) is 0 Å². The van der Waals surface area contributed by atoms with Gasteiger partial charge >= 0.3 is 0 Å². The van der Waals surface area contributed by atoms with Gasteiger partial charge in [-0.25, -0.2) is 8.78 Å². The van der Waals surface area contributed by atoms with Gasteiger partial charge in [0.05, 0.1) is 4.92 Å². The molecular weight excluding hydrogens is 364 g/mol. The topological polar surface area (TPSA) is 84.3 Å². The number of carbonyl (C=O) groups is 1. The summed E-state index contributed by atoms with van der Waals surface area (Å²) in [4.78, 5) is 22.4. The van der Waals surface area contributed by atoms with Gasteiger partial charge in [0.15, 0.2) is 11.6 Å². The van der Waals surface area contributed by atoms with Crippen LogP contribution in [0.2, 0.25) is 0 Å². The maximum Gasteiger partial charge on any atom is 0.269 e. The molecule has 0 radical (unpaired) electrons. The summed E-state index contributed by atoms with van der Waals surface area (Å²) in [6.07, 6.45) is 0.251. The molecule has 0 aromatic heterocycles. The molecule has 2 rings (SSSR count). The van der Waals surface area contributed by atoms with Crippen LogP contribution in [0.5, 0.6) is 0 Å². The van der Waals surface area contributed by atoms with Crippen molar-refractivity contribution >= 4 is 29.0 Å².